The van der Waals surface area contributed by atoms with Gasteiger partial charge in [-0.1, -0.05) is 6.07 Å². The average Bonchev–Trinajstić information content (AvgIpc) is 3.04. The van der Waals surface area contributed by atoms with Crippen LogP contribution in [0.5, 0.6) is 0 Å². The van der Waals surface area contributed by atoms with Crippen LogP contribution >= 0.6 is 0 Å². The molecule has 0 amide bonds. The van der Waals surface area contributed by atoms with Crippen molar-refractivity contribution in [3.63, 3.8) is 0 Å². The monoisotopic (exact) mass is 347 g/mol. The molecule has 0 radical (unpaired) electrons. The highest BCUT2D eigenvalue weighted by atomic mass is 15.2. The van der Waals surface area contributed by atoms with Crippen LogP contribution in [-0.4, -0.2) is 37.5 Å². The van der Waals surface area contributed by atoms with Gasteiger partial charge in [0.05, 0.1) is 5.69 Å². The van der Waals surface area contributed by atoms with Crippen molar-refractivity contribution in [1.82, 2.24) is 24.4 Å². The van der Waals surface area contributed by atoms with Gasteiger partial charge in [-0.15, -0.1) is 0 Å². The SMILES string of the molecule is Cc1cnc(-c2cccnc2)n1CC1CCCN(Cc2ccccn2)C1. The maximum absolute atomic E-state index is 4.64. The first-order chi connectivity index (χ1) is 12.8. The van der Waals surface area contributed by atoms with Crippen LogP contribution in [0.2, 0.25) is 0 Å². The Kier molecular flexibility index (Phi) is 5.07. The zero-order valence-corrected chi connectivity index (χ0v) is 15.3. The smallest absolute Gasteiger partial charge is 0.141 e. The Morgan fingerprint density at radius 2 is 2.04 bits per heavy atom. The molecule has 0 aliphatic carbocycles. The van der Waals surface area contributed by atoms with Crippen molar-refractivity contribution in [2.24, 2.45) is 5.92 Å². The maximum Gasteiger partial charge on any atom is 0.141 e. The standard InChI is InChI=1S/C21H25N5/c1-17-12-24-21(19-7-4-9-22-13-19)26(17)15-18-6-5-11-25(14-18)16-20-8-2-3-10-23-20/h2-4,7-10,12-13,18H,5-6,11,14-16H2,1H3. The van der Waals surface area contributed by atoms with Gasteiger partial charge in [0, 0.05) is 55.7 Å². The quantitative estimate of drug-likeness (QED) is 0.708. The van der Waals surface area contributed by atoms with E-state index in [2.05, 4.69) is 49.5 Å². The molecule has 0 N–H and O–H groups in total. The molecule has 0 spiro atoms. The molecule has 134 valence electrons. The molecule has 1 unspecified atom stereocenters. The van der Waals surface area contributed by atoms with Gasteiger partial charge in [0.2, 0.25) is 0 Å². The molecule has 1 saturated heterocycles. The highest BCUT2D eigenvalue weighted by molar-refractivity contribution is 5.54. The third kappa shape index (κ3) is 3.83. The van der Waals surface area contributed by atoms with Crippen molar-refractivity contribution in [3.05, 3.63) is 66.5 Å². The number of aromatic nitrogens is 4. The number of nitrogens with zero attached hydrogens (tertiary/aromatic N) is 5. The second-order valence-electron chi connectivity index (χ2n) is 7.14. The summed E-state index contributed by atoms with van der Waals surface area (Å²) in [5.74, 6) is 1.66. The minimum atomic E-state index is 0.635. The summed E-state index contributed by atoms with van der Waals surface area (Å²) >= 11 is 0. The third-order valence-corrected chi connectivity index (χ3v) is 5.13. The Balaban J connectivity index is 1.47. The number of aryl methyl sites for hydroxylation is 1. The zero-order valence-electron chi connectivity index (χ0n) is 15.3. The van der Waals surface area contributed by atoms with Crippen molar-refractivity contribution < 1.29 is 0 Å². The van der Waals surface area contributed by atoms with E-state index in [1.807, 2.05) is 30.7 Å². The minimum absolute atomic E-state index is 0.635. The Morgan fingerprint density at radius 3 is 2.85 bits per heavy atom. The van der Waals surface area contributed by atoms with Crippen molar-refractivity contribution >= 4 is 0 Å². The predicted octanol–water partition coefficient (Wildman–Crippen LogP) is 3.56. The largest absolute Gasteiger partial charge is 0.328 e. The highest BCUT2D eigenvalue weighted by Gasteiger charge is 2.22. The Morgan fingerprint density at radius 1 is 1.08 bits per heavy atom. The lowest BCUT2D eigenvalue weighted by molar-refractivity contribution is 0.154. The van der Waals surface area contributed by atoms with Crippen molar-refractivity contribution in [3.8, 4) is 11.4 Å². The van der Waals surface area contributed by atoms with Crippen LogP contribution in [0.25, 0.3) is 11.4 Å². The van der Waals surface area contributed by atoms with Gasteiger partial charge >= 0.3 is 0 Å². The second-order valence-corrected chi connectivity index (χ2v) is 7.14. The molecule has 1 fully saturated rings. The van der Waals surface area contributed by atoms with Gasteiger partial charge in [0.1, 0.15) is 5.82 Å². The summed E-state index contributed by atoms with van der Waals surface area (Å²) < 4.78 is 2.35. The van der Waals surface area contributed by atoms with E-state index in [9.17, 15) is 0 Å². The molecule has 3 aromatic rings. The van der Waals surface area contributed by atoms with Gasteiger partial charge in [0.25, 0.3) is 0 Å². The molecule has 1 aliphatic heterocycles. The van der Waals surface area contributed by atoms with Crippen molar-refractivity contribution in [2.75, 3.05) is 13.1 Å². The van der Waals surface area contributed by atoms with E-state index in [1.54, 1.807) is 6.20 Å². The minimum Gasteiger partial charge on any atom is -0.328 e. The van der Waals surface area contributed by atoms with E-state index >= 15 is 0 Å². The van der Waals surface area contributed by atoms with Gasteiger partial charge < -0.3 is 4.57 Å². The van der Waals surface area contributed by atoms with E-state index in [-0.39, 0.29) is 0 Å². The molecule has 5 heteroatoms. The lowest BCUT2D eigenvalue weighted by atomic mass is 9.97. The van der Waals surface area contributed by atoms with Gasteiger partial charge in [-0.3, -0.25) is 14.9 Å². The molecular formula is C21H25N5. The number of pyridine rings is 2. The summed E-state index contributed by atoms with van der Waals surface area (Å²) in [7, 11) is 0. The number of imidazole rings is 1. The van der Waals surface area contributed by atoms with Crippen LogP contribution in [0.15, 0.2) is 55.1 Å². The molecule has 0 aromatic carbocycles. The molecule has 0 bridgehead atoms. The second kappa shape index (κ2) is 7.79. The summed E-state index contributed by atoms with van der Waals surface area (Å²) in [6, 6.07) is 10.2. The molecule has 0 saturated carbocycles. The van der Waals surface area contributed by atoms with E-state index in [0.29, 0.717) is 5.92 Å². The molecule has 1 atom stereocenters. The van der Waals surface area contributed by atoms with E-state index < -0.39 is 0 Å². The Hall–Kier alpha value is -2.53. The van der Waals surface area contributed by atoms with Crippen LogP contribution < -0.4 is 0 Å². The number of likely N-dealkylation sites (tertiary alicyclic amines) is 1. The lowest BCUT2D eigenvalue weighted by Gasteiger charge is -2.33. The van der Waals surface area contributed by atoms with E-state index in [4.69, 9.17) is 0 Å². The fraction of sp³-hybridized carbons (Fsp3) is 0.381. The molecule has 4 heterocycles. The van der Waals surface area contributed by atoms with Crippen LogP contribution in [-0.2, 0) is 13.1 Å². The first kappa shape index (κ1) is 16.9. The molecule has 4 rings (SSSR count). The molecule has 26 heavy (non-hydrogen) atoms. The number of piperidine rings is 1. The summed E-state index contributed by atoms with van der Waals surface area (Å²) in [6.07, 6.45) is 10.1. The fourth-order valence-electron chi connectivity index (χ4n) is 3.84. The van der Waals surface area contributed by atoms with Crippen LogP contribution in [0, 0.1) is 12.8 Å². The summed E-state index contributed by atoms with van der Waals surface area (Å²) in [5.41, 5.74) is 3.45. The summed E-state index contributed by atoms with van der Waals surface area (Å²) in [6.45, 7) is 6.36. The molecule has 3 aromatic heterocycles. The normalized spacial score (nSPS) is 18.1. The van der Waals surface area contributed by atoms with Crippen LogP contribution in [0.4, 0.5) is 0 Å². The average molecular weight is 347 g/mol. The Labute approximate surface area is 154 Å². The zero-order chi connectivity index (χ0) is 17.8. The fourth-order valence-corrected chi connectivity index (χ4v) is 3.84. The third-order valence-electron chi connectivity index (χ3n) is 5.13. The first-order valence-corrected chi connectivity index (χ1v) is 9.34. The van der Waals surface area contributed by atoms with Crippen molar-refractivity contribution in [1.29, 1.82) is 0 Å². The number of rotatable bonds is 5. The summed E-state index contributed by atoms with van der Waals surface area (Å²) in [5, 5.41) is 0. The van der Waals surface area contributed by atoms with Crippen molar-refractivity contribution in [2.45, 2.75) is 32.9 Å². The van der Waals surface area contributed by atoms with E-state index in [0.717, 1.165) is 43.3 Å². The Bertz CT molecular complexity index is 828. The van der Waals surface area contributed by atoms with Gasteiger partial charge in [-0.2, -0.15) is 0 Å². The summed E-state index contributed by atoms with van der Waals surface area (Å²) in [4.78, 5) is 15.9. The van der Waals surface area contributed by atoms with Gasteiger partial charge in [0.15, 0.2) is 0 Å². The van der Waals surface area contributed by atoms with Crippen LogP contribution in [0.1, 0.15) is 24.2 Å². The topological polar surface area (TPSA) is 46.8 Å². The maximum atomic E-state index is 4.64. The van der Waals surface area contributed by atoms with E-state index in [1.165, 1.54) is 18.5 Å². The number of hydrogen-bond acceptors (Lipinski definition) is 4. The molecular weight excluding hydrogens is 322 g/mol. The first-order valence-electron chi connectivity index (χ1n) is 9.34. The number of hydrogen-bond donors (Lipinski definition) is 0. The van der Waals surface area contributed by atoms with Crippen LogP contribution in [0.3, 0.4) is 0 Å². The molecule has 1 aliphatic rings. The predicted molar refractivity (Wildman–Crippen MR) is 102 cm³/mol. The highest BCUT2D eigenvalue weighted by Crippen LogP contribution is 2.24. The van der Waals surface area contributed by atoms with Gasteiger partial charge in [-0.25, -0.2) is 4.98 Å². The lowest BCUT2D eigenvalue weighted by Crippen LogP contribution is -2.37. The van der Waals surface area contributed by atoms with Gasteiger partial charge in [-0.05, 0) is 56.5 Å². The molecule has 5 nitrogen and oxygen atoms in total.